The third-order valence-electron chi connectivity index (χ3n) is 2.89. The van der Waals surface area contributed by atoms with Crippen LogP contribution in [0.1, 0.15) is 44.9 Å². The molecule has 18 heavy (non-hydrogen) atoms. The molecule has 0 aliphatic heterocycles. The van der Waals surface area contributed by atoms with Crippen molar-refractivity contribution in [2.24, 2.45) is 0 Å². The highest BCUT2D eigenvalue weighted by atomic mass is 19.4. The first-order chi connectivity index (χ1) is 8.49. The van der Waals surface area contributed by atoms with Crippen LogP contribution in [-0.2, 0) is 9.53 Å². The molecule has 5 heteroatoms. The fourth-order valence-corrected chi connectivity index (χ4v) is 1.96. The highest BCUT2D eigenvalue weighted by molar-refractivity contribution is 5.95. The van der Waals surface area contributed by atoms with Crippen LogP contribution >= 0.6 is 0 Å². The van der Waals surface area contributed by atoms with Crippen LogP contribution in [0.25, 0.3) is 0 Å². The molecule has 0 heterocycles. The summed E-state index contributed by atoms with van der Waals surface area (Å²) in [5.74, 6) is -0.0703. The molecule has 0 atom stereocenters. The highest BCUT2D eigenvalue weighted by Crippen LogP contribution is 2.19. The zero-order valence-corrected chi connectivity index (χ0v) is 10.4. The topological polar surface area (TPSA) is 26.3 Å². The van der Waals surface area contributed by atoms with E-state index in [1.165, 1.54) is 6.42 Å². The van der Waals surface area contributed by atoms with Gasteiger partial charge < -0.3 is 4.74 Å². The predicted molar refractivity (Wildman–Crippen MR) is 62.3 cm³/mol. The average molecular weight is 264 g/mol. The Morgan fingerprint density at radius 3 is 2.67 bits per heavy atom. The van der Waals surface area contributed by atoms with Crippen LogP contribution in [0.5, 0.6) is 0 Å². The van der Waals surface area contributed by atoms with Crippen LogP contribution in [0.2, 0.25) is 0 Å². The Kier molecular flexibility index (Phi) is 6.39. The summed E-state index contributed by atoms with van der Waals surface area (Å²) < 4.78 is 39.9. The minimum atomic E-state index is -4.32. The summed E-state index contributed by atoms with van der Waals surface area (Å²) in [6, 6.07) is 0. The molecule has 0 bridgehead atoms. The molecule has 0 unspecified atom stereocenters. The van der Waals surface area contributed by atoms with Gasteiger partial charge in [-0.05, 0) is 31.3 Å². The quantitative estimate of drug-likeness (QED) is 0.706. The number of ketones is 1. The molecule has 0 aromatic carbocycles. The maximum Gasteiger partial charge on any atom is 0.411 e. The van der Waals surface area contributed by atoms with E-state index in [0.29, 0.717) is 0 Å². The van der Waals surface area contributed by atoms with Crippen molar-refractivity contribution in [3.63, 3.8) is 0 Å². The Morgan fingerprint density at radius 2 is 1.94 bits per heavy atom. The van der Waals surface area contributed by atoms with Crippen molar-refractivity contribution in [2.45, 2.75) is 51.1 Å². The predicted octanol–water partition coefficient (Wildman–Crippen LogP) is 3.81. The van der Waals surface area contributed by atoms with Gasteiger partial charge in [0.2, 0.25) is 0 Å². The lowest BCUT2D eigenvalue weighted by molar-refractivity contribution is -0.174. The second-order valence-electron chi connectivity index (χ2n) is 4.52. The van der Waals surface area contributed by atoms with E-state index < -0.39 is 12.8 Å². The number of hydrogen-bond acceptors (Lipinski definition) is 2. The summed E-state index contributed by atoms with van der Waals surface area (Å²) in [6.45, 7) is -1.44. The van der Waals surface area contributed by atoms with E-state index in [9.17, 15) is 18.0 Å². The molecule has 0 saturated carbocycles. The number of ether oxygens (including phenoxy) is 1. The van der Waals surface area contributed by atoms with E-state index in [0.717, 1.165) is 37.7 Å². The molecule has 1 aliphatic rings. The van der Waals surface area contributed by atoms with Crippen LogP contribution < -0.4 is 0 Å². The molecule has 104 valence electrons. The standard InChI is InChI=1S/C13H19F3O2/c14-13(15,16)10-18-9-8-12(17)11-6-4-2-1-3-5-7-11/h6H,1-5,7-10H2. The fourth-order valence-electron chi connectivity index (χ4n) is 1.96. The highest BCUT2D eigenvalue weighted by Gasteiger charge is 2.27. The van der Waals surface area contributed by atoms with Crippen molar-refractivity contribution in [1.29, 1.82) is 0 Å². The van der Waals surface area contributed by atoms with Gasteiger partial charge in [0.1, 0.15) is 6.61 Å². The largest absolute Gasteiger partial charge is 0.411 e. The van der Waals surface area contributed by atoms with Gasteiger partial charge in [0.25, 0.3) is 0 Å². The van der Waals surface area contributed by atoms with Crippen molar-refractivity contribution < 1.29 is 22.7 Å². The van der Waals surface area contributed by atoms with Crippen LogP contribution in [-0.4, -0.2) is 25.2 Å². The van der Waals surface area contributed by atoms with Crippen molar-refractivity contribution in [3.05, 3.63) is 11.6 Å². The third-order valence-corrected chi connectivity index (χ3v) is 2.89. The van der Waals surface area contributed by atoms with Crippen LogP contribution in [0.15, 0.2) is 11.6 Å². The minimum Gasteiger partial charge on any atom is -0.372 e. The zero-order chi connectivity index (χ0) is 13.4. The number of alkyl halides is 3. The Labute approximate surface area is 105 Å². The van der Waals surface area contributed by atoms with Crippen LogP contribution in [0.4, 0.5) is 13.2 Å². The van der Waals surface area contributed by atoms with Crippen molar-refractivity contribution in [3.8, 4) is 0 Å². The van der Waals surface area contributed by atoms with Gasteiger partial charge in [0.15, 0.2) is 5.78 Å². The number of hydrogen-bond donors (Lipinski definition) is 0. The number of rotatable bonds is 5. The van der Waals surface area contributed by atoms with E-state index in [1.54, 1.807) is 0 Å². The summed E-state index contributed by atoms with van der Waals surface area (Å²) in [5.41, 5.74) is 0.769. The maximum absolute atomic E-state index is 11.8. The lowest BCUT2D eigenvalue weighted by Crippen LogP contribution is -2.18. The van der Waals surface area contributed by atoms with Gasteiger partial charge in [0.05, 0.1) is 6.61 Å². The van der Waals surface area contributed by atoms with E-state index >= 15 is 0 Å². The van der Waals surface area contributed by atoms with Gasteiger partial charge in [-0.2, -0.15) is 13.2 Å². The minimum absolute atomic E-state index is 0.0436. The molecule has 0 aromatic heterocycles. The van der Waals surface area contributed by atoms with E-state index in [4.69, 9.17) is 0 Å². The van der Waals surface area contributed by atoms with Gasteiger partial charge in [-0.25, -0.2) is 0 Å². The average Bonchev–Trinajstić information content (AvgIpc) is 2.22. The molecule has 2 nitrogen and oxygen atoms in total. The molecule has 0 spiro atoms. The SMILES string of the molecule is O=C(CCOCC(F)(F)F)C1=CCCCCCC1. The smallest absolute Gasteiger partial charge is 0.372 e. The number of allylic oxidation sites excluding steroid dienone is 2. The monoisotopic (exact) mass is 264 g/mol. The molecule has 0 N–H and O–H groups in total. The summed E-state index contributed by atoms with van der Waals surface area (Å²) in [6.07, 6.45) is 3.68. The Balaban J connectivity index is 2.26. The van der Waals surface area contributed by atoms with Gasteiger partial charge in [-0.1, -0.05) is 18.9 Å². The van der Waals surface area contributed by atoms with E-state index in [-0.39, 0.29) is 18.8 Å². The molecule has 0 aromatic rings. The van der Waals surface area contributed by atoms with Gasteiger partial charge in [-0.15, -0.1) is 0 Å². The molecule has 0 amide bonds. The number of carbonyl (C=O) groups excluding carboxylic acids is 1. The van der Waals surface area contributed by atoms with E-state index in [1.807, 2.05) is 6.08 Å². The Bertz CT molecular complexity index is 295. The van der Waals surface area contributed by atoms with E-state index in [2.05, 4.69) is 4.74 Å². The summed E-state index contributed by atoms with van der Waals surface area (Å²) in [5, 5.41) is 0. The Morgan fingerprint density at radius 1 is 1.22 bits per heavy atom. The summed E-state index contributed by atoms with van der Waals surface area (Å²) >= 11 is 0. The molecule has 1 aliphatic carbocycles. The van der Waals surface area contributed by atoms with Crippen molar-refractivity contribution in [2.75, 3.05) is 13.2 Å². The van der Waals surface area contributed by atoms with Gasteiger partial charge in [0, 0.05) is 6.42 Å². The van der Waals surface area contributed by atoms with Gasteiger partial charge in [-0.3, -0.25) is 4.79 Å². The lowest BCUT2D eigenvalue weighted by atomic mass is 9.96. The molecular formula is C13H19F3O2. The molecule has 0 fully saturated rings. The third kappa shape index (κ3) is 6.79. The normalized spacial score (nSPS) is 17.8. The Hall–Kier alpha value is -0.840. The van der Waals surface area contributed by atoms with Crippen LogP contribution in [0, 0.1) is 0 Å². The summed E-state index contributed by atoms with van der Waals surface area (Å²) in [7, 11) is 0. The van der Waals surface area contributed by atoms with Crippen molar-refractivity contribution in [1.82, 2.24) is 0 Å². The van der Waals surface area contributed by atoms with Crippen LogP contribution in [0.3, 0.4) is 0 Å². The number of carbonyl (C=O) groups is 1. The maximum atomic E-state index is 11.8. The molecular weight excluding hydrogens is 245 g/mol. The second-order valence-corrected chi connectivity index (χ2v) is 4.52. The molecule has 0 saturated heterocycles. The number of Topliss-reactive ketones (excluding diaryl/α,β-unsaturated/α-hetero) is 1. The first-order valence-electron chi connectivity index (χ1n) is 6.36. The number of halogens is 3. The van der Waals surface area contributed by atoms with Gasteiger partial charge >= 0.3 is 6.18 Å². The van der Waals surface area contributed by atoms with Crippen molar-refractivity contribution >= 4 is 5.78 Å². The first-order valence-corrected chi connectivity index (χ1v) is 6.36. The lowest BCUT2D eigenvalue weighted by Gasteiger charge is -2.11. The second kappa shape index (κ2) is 7.56. The fraction of sp³-hybridized carbons (Fsp3) is 0.769. The first kappa shape index (κ1) is 15.2. The summed E-state index contributed by atoms with van der Waals surface area (Å²) in [4.78, 5) is 11.8. The molecule has 1 rings (SSSR count). The zero-order valence-electron chi connectivity index (χ0n) is 10.4. The molecule has 0 radical (unpaired) electrons.